The van der Waals surface area contributed by atoms with E-state index in [0.717, 1.165) is 29.3 Å². The number of aromatic nitrogens is 3. The fourth-order valence-corrected chi connectivity index (χ4v) is 7.27. The standard InChI is InChI=1S/C32H44N8O6S2/c1-3-5-6-7-8-9-10-11-12-13-16-34-27(41)21-14-17-39(18-15-21)19-22-20-47-30-24(29(43)40(30)25(22)31(44)45)35-28(42)23(37-46-4-2)26-36-32(33)48-38-26/h14-15,17-18,24,30H,3-13,16,19-20H2,1-2H3,(H4-,33,34,35,36,38,41,42,44,45)/b37-23-/t24?,30-/m1/s1. The summed E-state index contributed by atoms with van der Waals surface area (Å²) >= 11 is 2.19. The molecular weight excluding hydrogens is 657 g/mol. The Bertz CT molecular complexity index is 1500. The second kappa shape index (κ2) is 18.5. The Kier molecular flexibility index (Phi) is 14.2. The van der Waals surface area contributed by atoms with Gasteiger partial charge in [0.2, 0.25) is 11.5 Å². The zero-order valence-electron chi connectivity index (χ0n) is 27.4. The van der Waals surface area contributed by atoms with Crippen LogP contribution < -0.4 is 26.0 Å². The van der Waals surface area contributed by atoms with Gasteiger partial charge in [0.05, 0.1) is 17.2 Å². The van der Waals surface area contributed by atoms with Gasteiger partial charge < -0.3 is 31.1 Å². The monoisotopic (exact) mass is 700 g/mol. The fourth-order valence-electron chi connectivity index (χ4n) is 5.50. The molecule has 2 aromatic heterocycles. The number of carbonyl (C=O) groups is 4. The van der Waals surface area contributed by atoms with Crippen molar-refractivity contribution >= 4 is 57.8 Å². The van der Waals surface area contributed by atoms with Crippen LogP contribution in [0.25, 0.3) is 0 Å². The van der Waals surface area contributed by atoms with Crippen LogP contribution in [-0.2, 0) is 25.8 Å². The van der Waals surface area contributed by atoms with E-state index in [1.807, 2.05) is 0 Å². The maximum absolute atomic E-state index is 13.2. The molecule has 260 valence electrons. The van der Waals surface area contributed by atoms with Gasteiger partial charge in [-0.05, 0) is 13.3 Å². The van der Waals surface area contributed by atoms with Crippen LogP contribution in [0, 0.1) is 0 Å². The highest BCUT2D eigenvalue weighted by molar-refractivity contribution is 8.00. The topological polar surface area (TPSA) is 196 Å². The van der Waals surface area contributed by atoms with E-state index in [-0.39, 0.29) is 47.2 Å². The first kappa shape index (κ1) is 36.8. The zero-order valence-corrected chi connectivity index (χ0v) is 29.1. The molecule has 2 aliphatic heterocycles. The summed E-state index contributed by atoms with van der Waals surface area (Å²) < 4.78 is 5.73. The number of carboxylic acids is 1. The zero-order chi connectivity index (χ0) is 34.5. The number of carboxylic acid groups (broad SMARTS) is 1. The van der Waals surface area contributed by atoms with E-state index >= 15 is 0 Å². The molecule has 2 atom stereocenters. The number of thioether (sulfide) groups is 1. The number of rotatable bonds is 20. The summed E-state index contributed by atoms with van der Waals surface area (Å²) in [6, 6.07) is 2.35. The van der Waals surface area contributed by atoms with Crippen molar-refractivity contribution in [3.05, 3.63) is 47.2 Å². The average molecular weight is 701 g/mol. The number of nitrogen functional groups attached to an aromatic ring is 1. The summed E-state index contributed by atoms with van der Waals surface area (Å²) in [5.74, 6) is -2.77. The van der Waals surface area contributed by atoms with Crippen LogP contribution >= 0.6 is 23.3 Å². The maximum Gasteiger partial charge on any atom is 0.278 e. The van der Waals surface area contributed by atoms with Crippen molar-refractivity contribution in [2.75, 3.05) is 24.6 Å². The first-order chi connectivity index (χ1) is 23.2. The normalized spacial score (nSPS) is 17.5. The predicted molar refractivity (Wildman–Crippen MR) is 180 cm³/mol. The molecule has 2 aliphatic rings. The molecule has 3 amide bonds. The van der Waals surface area contributed by atoms with E-state index in [1.165, 1.54) is 63.1 Å². The molecule has 14 nitrogen and oxygen atoms in total. The molecule has 48 heavy (non-hydrogen) atoms. The fraction of sp³-hybridized carbons (Fsp3) is 0.562. The summed E-state index contributed by atoms with van der Waals surface area (Å²) in [5.41, 5.74) is 6.14. The maximum atomic E-state index is 13.2. The molecule has 1 fully saturated rings. The highest BCUT2D eigenvalue weighted by atomic mass is 32.2. The van der Waals surface area contributed by atoms with Crippen LogP contribution in [0.1, 0.15) is 94.2 Å². The Labute approximate surface area is 288 Å². The van der Waals surface area contributed by atoms with Gasteiger partial charge >= 0.3 is 0 Å². The molecule has 0 saturated carbocycles. The molecule has 4 rings (SSSR count). The number of β-lactam (4-membered cyclic amide) rings is 1. The molecule has 0 bridgehead atoms. The number of oxime groups is 1. The van der Waals surface area contributed by atoms with E-state index < -0.39 is 29.2 Å². The van der Waals surface area contributed by atoms with Crippen LogP contribution in [0.2, 0.25) is 0 Å². The number of nitrogens with two attached hydrogens (primary N) is 1. The predicted octanol–water partition coefficient (Wildman–Crippen LogP) is 1.90. The number of pyridine rings is 1. The van der Waals surface area contributed by atoms with Crippen molar-refractivity contribution < 1.29 is 33.7 Å². The van der Waals surface area contributed by atoms with Crippen LogP contribution in [0.3, 0.4) is 0 Å². The van der Waals surface area contributed by atoms with Crippen LogP contribution in [0.4, 0.5) is 5.13 Å². The van der Waals surface area contributed by atoms with E-state index in [0.29, 0.717) is 17.7 Å². The summed E-state index contributed by atoms with van der Waals surface area (Å²) in [5, 5.41) is 21.1. The lowest BCUT2D eigenvalue weighted by Crippen LogP contribution is -2.71. The minimum absolute atomic E-state index is 0.0457. The van der Waals surface area contributed by atoms with Crippen molar-refractivity contribution in [3.8, 4) is 0 Å². The van der Waals surface area contributed by atoms with Crippen molar-refractivity contribution in [3.63, 3.8) is 0 Å². The molecule has 0 aromatic carbocycles. The number of fused-ring (bicyclic) bond motifs is 1. The van der Waals surface area contributed by atoms with Crippen molar-refractivity contribution in [2.24, 2.45) is 5.16 Å². The quantitative estimate of drug-likeness (QED) is 0.0604. The Morgan fingerprint density at radius 1 is 1.08 bits per heavy atom. The SMILES string of the molecule is CCCCCCCCCCCCNC(=O)c1cc[n+](CC2=C(C(=O)[O-])N3C(=O)C(NC(=O)/C(=N\OCC)c4nsc(N)n4)[C@H]3SC2)cc1. The van der Waals surface area contributed by atoms with Crippen molar-refractivity contribution in [1.29, 1.82) is 0 Å². The van der Waals surface area contributed by atoms with Gasteiger partial charge in [-0.1, -0.05) is 69.9 Å². The number of nitrogens with one attached hydrogen (secondary N) is 2. The summed E-state index contributed by atoms with van der Waals surface area (Å²) in [6.07, 6.45) is 15.7. The van der Waals surface area contributed by atoms with Gasteiger partial charge in [0.25, 0.3) is 17.7 Å². The molecule has 1 unspecified atom stereocenters. The molecule has 4 heterocycles. The van der Waals surface area contributed by atoms with Gasteiger partial charge in [0.1, 0.15) is 18.0 Å². The molecule has 0 radical (unpaired) electrons. The third-order valence-electron chi connectivity index (χ3n) is 8.02. The summed E-state index contributed by atoms with van der Waals surface area (Å²) in [7, 11) is 0. The molecule has 16 heteroatoms. The van der Waals surface area contributed by atoms with Gasteiger partial charge in [0.15, 0.2) is 24.1 Å². The van der Waals surface area contributed by atoms with Gasteiger partial charge in [-0.25, -0.2) is 4.57 Å². The highest BCUT2D eigenvalue weighted by Crippen LogP contribution is 2.40. The third kappa shape index (κ3) is 9.75. The lowest BCUT2D eigenvalue weighted by Gasteiger charge is -2.50. The number of anilines is 1. The lowest BCUT2D eigenvalue weighted by molar-refractivity contribution is -0.689. The minimum Gasteiger partial charge on any atom is -0.543 e. The number of hydrogen-bond acceptors (Lipinski definition) is 12. The van der Waals surface area contributed by atoms with E-state index in [2.05, 4.69) is 32.1 Å². The Morgan fingerprint density at radius 3 is 2.35 bits per heavy atom. The smallest absolute Gasteiger partial charge is 0.278 e. The second-order valence-corrected chi connectivity index (χ2v) is 13.5. The number of carbonyl (C=O) groups excluding carboxylic acids is 4. The minimum atomic E-state index is -1.49. The Morgan fingerprint density at radius 2 is 1.75 bits per heavy atom. The first-order valence-corrected chi connectivity index (χ1v) is 18.3. The van der Waals surface area contributed by atoms with Crippen LogP contribution in [-0.4, -0.2) is 74.0 Å². The number of nitrogens with zero attached hydrogens (tertiary/aromatic N) is 5. The van der Waals surface area contributed by atoms with E-state index in [4.69, 9.17) is 10.6 Å². The van der Waals surface area contributed by atoms with Crippen molar-refractivity contribution in [1.82, 2.24) is 24.9 Å². The summed E-state index contributed by atoms with van der Waals surface area (Å²) in [4.78, 5) is 61.2. The van der Waals surface area contributed by atoms with E-state index in [1.54, 1.807) is 36.0 Å². The van der Waals surface area contributed by atoms with Crippen LogP contribution in [0.15, 0.2) is 41.0 Å². The van der Waals surface area contributed by atoms with Gasteiger partial charge in [0, 0.05) is 41.5 Å². The number of hydrogen-bond donors (Lipinski definition) is 3. The number of amides is 3. The summed E-state index contributed by atoms with van der Waals surface area (Å²) in [6.45, 7) is 4.88. The largest absolute Gasteiger partial charge is 0.543 e. The van der Waals surface area contributed by atoms with Crippen LogP contribution in [0.5, 0.6) is 0 Å². The van der Waals surface area contributed by atoms with Gasteiger partial charge in [-0.2, -0.15) is 9.36 Å². The lowest BCUT2D eigenvalue weighted by atomic mass is 10.0. The average Bonchev–Trinajstić information content (AvgIpc) is 3.51. The molecule has 1 saturated heterocycles. The molecule has 4 N–H and O–H groups in total. The van der Waals surface area contributed by atoms with E-state index in [9.17, 15) is 24.3 Å². The Balaban J connectivity index is 1.28. The first-order valence-electron chi connectivity index (χ1n) is 16.5. The number of aliphatic carboxylic acids is 1. The molecule has 0 spiro atoms. The highest BCUT2D eigenvalue weighted by Gasteiger charge is 2.53. The Hall–Kier alpha value is -4.05. The van der Waals surface area contributed by atoms with Gasteiger partial charge in [-0.15, -0.1) is 11.8 Å². The van der Waals surface area contributed by atoms with Gasteiger partial charge in [-0.3, -0.25) is 19.3 Å². The number of unbranched alkanes of at least 4 members (excludes halogenated alkanes) is 9. The molecule has 0 aliphatic carbocycles. The molecular formula is C32H44N8O6S2. The van der Waals surface area contributed by atoms with Crippen molar-refractivity contribution in [2.45, 2.75) is 96.0 Å². The third-order valence-corrected chi connectivity index (χ3v) is 9.91. The molecule has 2 aromatic rings. The second-order valence-electron chi connectivity index (χ2n) is 11.6.